The number of ether oxygens (including phenoxy) is 1. The molecular formula is C21H19ClN2O7. The van der Waals surface area contributed by atoms with Gasteiger partial charge < -0.3 is 19.8 Å². The Morgan fingerprint density at radius 1 is 1.16 bits per heavy atom. The number of non-ortho nitro benzene ring substituents is 1. The molecule has 0 radical (unpaired) electrons. The Balaban J connectivity index is 2.10. The number of halogens is 1. The molecule has 0 aromatic heterocycles. The molecule has 1 aliphatic rings. The van der Waals surface area contributed by atoms with Crippen LogP contribution in [0.15, 0.2) is 54.1 Å². The topological polar surface area (TPSA) is 130 Å². The predicted octanol–water partition coefficient (Wildman–Crippen LogP) is 2.68. The molecule has 2 aromatic carbocycles. The Hall–Kier alpha value is -3.27. The van der Waals surface area contributed by atoms with Crippen LogP contribution in [0.3, 0.4) is 0 Å². The van der Waals surface area contributed by atoms with Crippen LogP contribution >= 0.6 is 11.6 Å². The van der Waals surface area contributed by atoms with Gasteiger partial charge in [0.2, 0.25) is 0 Å². The second-order valence-electron chi connectivity index (χ2n) is 6.69. The Morgan fingerprint density at radius 3 is 2.52 bits per heavy atom. The number of benzene rings is 2. The van der Waals surface area contributed by atoms with Crippen molar-refractivity contribution in [1.82, 2.24) is 4.90 Å². The van der Waals surface area contributed by atoms with E-state index >= 15 is 0 Å². The van der Waals surface area contributed by atoms with Gasteiger partial charge in [-0.05, 0) is 29.8 Å². The summed E-state index contributed by atoms with van der Waals surface area (Å²) in [4.78, 5) is 37.4. The molecule has 31 heavy (non-hydrogen) atoms. The number of aliphatic hydroxyl groups is 2. The van der Waals surface area contributed by atoms with E-state index in [-0.39, 0.29) is 43.2 Å². The zero-order valence-electron chi connectivity index (χ0n) is 16.2. The minimum atomic E-state index is -1.05. The number of carbonyl (C=O) groups is 2. The molecule has 1 saturated heterocycles. The first-order valence-electron chi connectivity index (χ1n) is 9.32. The van der Waals surface area contributed by atoms with Crippen LogP contribution in [0.1, 0.15) is 17.2 Å². The summed E-state index contributed by atoms with van der Waals surface area (Å²) in [6.07, 6.45) is 0. The summed E-state index contributed by atoms with van der Waals surface area (Å²) < 4.78 is 5.21. The van der Waals surface area contributed by atoms with Crippen molar-refractivity contribution in [1.29, 1.82) is 0 Å². The molecular weight excluding hydrogens is 428 g/mol. The fourth-order valence-corrected chi connectivity index (χ4v) is 3.48. The van der Waals surface area contributed by atoms with Gasteiger partial charge in [0.05, 0.1) is 36.4 Å². The highest BCUT2D eigenvalue weighted by molar-refractivity contribution is 6.46. The molecule has 0 bridgehead atoms. The van der Waals surface area contributed by atoms with E-state index in [9.17, 15) is 24.8 Å². The average Bonchev–Trinajstić information content (AvgIpc) is 3.01. The van der Waals surface area contributed by atoms with Crippen LogP contribution in [0.5, 0.6) is 0 Å². The van der Waals surface area contributed by atoms with Crippen LogP contribution in [0.4, 0.5) is 5.69 Å². The standard InChI is InChI=1S/C21H19ClN2O7/c22-15-6-4-13(5-7-15)19(26)17-18(14-2-1-3-16(12-14)24(29)30)23(21(28)20(17)27)8-10-31-11-9-25/h1-7,12,18,25-26H,8-11H2/b19-17+. The lowest BCUT2D eigenvalue weighted by Gasteiger charge is -2.25. The van der Waals surface area contributed by atoms with Gasteiger partial charge >= 0.3 is 0 Å². The number of hydrogen-bond donors (Lipinski definition) is 2. The van der Waals surface area contributed by atoms with Crippen molar-refractivity contribution in [2.45, 2.75) is 6.04 Å². The van der Waals surface area contributed by atoms with Crippen LogP contribution in [-0.2, 0) is 14.3 Å². The summed E-state index contributed by atoms with van der Waals surface area (Å²) >= 11 is 5.88. The number of hydrogen-bond acceptors (Lipinski definition) is 7. The maximum atomic E-state index is 12.8. The zero-order valence-corrected chi connectivity index (χ0v) is 17.0. The summed E-state index contributed by atoms with van der Waals surface area (Å²) in [5.41, 5.74) is 0.168. The molecule has 2 aromatic rings. The Bertz CT molecular complexity index is 1040. The van der Waals surface area contributed by atoms with E-state index in [1.807, 2.05) is 0 Å². The molecule has 1 atom stereocenters. The van der Waals surface area contributed by atoms with E-state index in [0.29, 0.717) is 10.6 Å². The third kappa shape index (κ3) is 4.74. The van der Waals surface area contributed by atoms with Gasteiger partial charge in [0.1, 0.15) is 5.76 Å². The number of carbonyl (C=O) groups excluding carboxylic acids is 2. The first-order valence-corrected chi connectivity index (χ1v) is 9.70. The molecule has 1 fully saturated rings. The smallest absolute Gasteiger partial charge is 0.295 e. The minimum absolute atomic E-state index is 0.0185. The van der Waals surface area contributed by atoms with Gasteiger partial charge in [-0.1, -0.05) is 23.7 Å². The lowest BCUT2D eigenvalue weighted by Crippen LogP contribution is -2.33. The normalized spacial score (nSPS) is 17.9. The Morgan fingerprint density at radius 2 is 1.87 bits per heavy atom. The molecule has 1 unspecified atom stereocenters. The number of Topliss-reactive ketones (excluding diaryl/α,β-unsaturated/α-hetero) is 1. The molecule has 0 saturated carbocycles. The van der Waals surface area contributed by atoms with Gasteiger partial charge in [0, 0.05) is 29.3 Å². The number of ketones is 1. The fraction of sp³-hybridized carbons (Fsp3) is 0.238. The van der Waals surface area contributed by atoms with Gasteiger partial charge in [-0.15, -0.1) is 0 Å². The van der Waals surface area contributed by atoms with Gasteiger partial charge in [0.15, 0.2) is 0 Å². The van der Waals surface area contributed by atoms with Crippen LogP contribution in [0.2, 0.25) is 5.02 Å². The lowest BCUT2D eigenvalue weighted by molar-refractivity contribution is -0.384. The third-order valence-electron chi connectivity index (χ3n) is 4.77. The highest BCUT2D eigenvalue weighted by Crippen LogP contribution is 2.40. The molecule has 3 rings (SSSR count). The van der Waals surface area contributed by atoms with Crippen LogP contribution in [0.25, 0.3) is 5.76 Å². The number of rotatable bonds is 8. The second-order valence-corrected chi connectivity index (χ2v) is 7.12. The molecule has 2 N–H and O–H groups in total. The summed E-state index contributed by atoms with van der Waals surface area (Å²) in [5, 5.41) is 31.4. The largest absolute Gasteiger partial charge is 0.507 e. The molecule has 10 heteroatoms. The number of nitro benzene ring substituents is 1. The van der Waals surface area contributed by atoms with Crippen LogP contribution in [-0.4, -0.2) is 58.1 Å². The lowest BCUT2D eigenvalue weighted by atomic mass is 9.95. The van der Waals surface area contributed by atoms with Crippen molar-refractivity contribution in [3.05, 3.63) is 80.4 Å². The van der Waals surface area contributed by atoms with Gasteiger partial charge in [-0.3, -0.25) is 19.7 Å². The average molecular weight is 447 g/mol. The van der Waals surface area contributed by atoms with E-state index in [1.54, 1.807) is 6.07 Å². The summed E-state index contributed by atoms with van der Waals surface area (Å²) in [6.45, 7) is -0.144. The summed E-state index contributed by atoms with van der Waals surface area (Å²) in [6, 6.07) is 10.5. The molecule has 1 heterocycles. The predicted molar refractivity (Wildman–Crippen MR) is 111 cm³/mol. The number of aliphatic hydroxyl groups excluding tert-OH is 2. The Kier molecular flexibility index (Phi) is 7.01. The van der Waals surface area contributed by atoms with Crippen molar-refractivity contribution in [2.75, 3.05) is 26.4 Å². The monoisotopic (exact) mass is 446 g/mol. The Labute approximate surface area is 182 Å². The number of nitro groups is 1. The van der Waals surface area contributed by atoms with Crippen molar-refractivity contribution in [3.8, 4) is 0 Å². The summed E-state index contributed by atoms with van der Waals surface area (Å²) in [7, 11) is 0. The fourth-order valence-electron chi connectivity index (χ4n) is 3.36. The molecule has 1 amide bonds. The quantitative estimate of drug-likeness (QED) is 0.159. The maximum Gasteiger partial charge on any atom is 0.295 e. The van der Waals surface area contributed by atoms with E-state index < -0.39 is 28.4 Å². The third-order valence-corrected chi connectivity index (χ3v) is 5.02. The SMILES string of the molecule is O=C1C(=O)N(CCOCCO)C(c2cccc([N+](=O)[O-])c2)/C1=C(\O)c1ccc(Cl)cc1. The van der Waals surface area contributed by atoms with Crippen LogP contribution < -0.4 is 0 Å². The van der Waals surface area contributed by atoms with Gasteiger partial charge in [-0.25, -0.2) is 0 Å². The number of amides is 1. The van der Waals surface area contributed by atoms with E-state index in [2.05, 4.69) is 0 Å². The number of likely N-dealkylation sites (tertiary alicyclic amines) is 1. The van der Waals surface area contributed by atoms with Gasteiger partial charge in [-0.2, -0.15) is 0 Å². The van der Waals surface area contributed by atoms with E-state index in [4.69, 9.17) is 21.4 Å². The second kappa shape index (κ2) is 9.69. The molecule has 0 spiro atoms. The zero-order chi connectivity index (χ0) is 22.5. The number of nitrogens with zero attached hydrogens (tertiary/aromatic N) is 2. The highest BCUT2D eigenvalue weighted by Gasteiger charge is 2.46. The van der Waals surface area contributed by atoms with E-state index in [0.717, 1.165) is 0 Å². The maximum absolute atomic E-state index is 12.8. The van der Waals surface area contributed by atoms with Gasteiger partial charge in [0.25, 0.3) is 17.4 Å². The molecule has 9 nitrogen and oxygen atoms in total. The highest BCUT2D eigenvalue weighted by atomic mass is 35.5. The molecule has 0 aliphatic carbocycles. The minimum Gasteiger partial charge on any atom is -0.507 e. The van der Waals surface area contributed by atoms with Crippen molar-refractivity contribution in [3.63, 3.8) is 0 Å². The van der Waals surface area contributed by atoms with Crippen LogP contribution in [0, 0.1) is 10.1 Å². The van der Waals surface area contributed by atoms with Crippen molar-refractivity contribution in [2.24, 2.45) is 0 Å². The molecule has 1 aliphatic heterocycles. The first-order chi connectivity index (χ1) is 14.8. The summed E-state index contributed by atoms with van der Waals surface area (Å²) in [5.74, 6) is -2.18. The van der Waals surface area contributed by atoms with Crippen molar-refractivity contribution >= 4 is 34.7 Å². The van der Waals surface area contributed by atoms with Crippen molar-refractivity contribution < 1.29 is 29.5 Å². The first kappa shape index (κ1) is 22.4. The molecule has 162 valence electrons. The van der Waals surface area contributed by atoms with E-state index in [1.165, 1.54) is 47.4 Å².